The molecule has 2 aliphatic heterocycles. The fourth-order valence-electron chi connectivity index (χ4n) is 3.76. The molecule has 0 unspecified atom stereocenters. The Hall–Kier alpha value is -1.53. The van der Waals surface area contributed by atoms with E-state index in [9.17, 15) is 13.6 Å². The number of likely N-dealkylation sites (N-methyl/N-ethyl adjacent to an activating group) is 1. The normalized spacial score (nSPS) is 24.6. The van der Waals surface area contributed by atoms with Crippen LogP contribution in [0.1, 0.15) is 25.3 Å². The summed E-state index contributed by atoms with van der Waals surface area (Å²) < 4.78 is 33.0. The third-order valence-corrected chi connectivity index (χ3v) is 5.17. The van der Waals surface area contributed by atoms with E-state index in [-0.39, 0.29) is 11.5 Å². The molecule has 2 fully saturated rings. The van der Waals surface area contributed by atoms with Crippen LogP contribution in [0.25, 0.3) is 0 Å². The van der Waals surface area contributed by atoms with Crippen molar-refractivity contribution in [1.29, 1.82) is 0 Å². The Morgan fingerprint density at radius 3 is 2.67 bits per heavy atom. The maximum absolute atomic E-state index is 13.7. The zero-order valence-electron chi connectivity index (χ0n) is 14.2. The summed E-state index contributed by atoms with van der Waals surface area (Å²) in [6.07, 6.45) is 1.80. The first-order valence-electron chi connectivity index (χ1n) is 8.48. The molecule has 1 spiro atoms. The number of morpholine rings is 1. The molecule has 6 heteroatoms. The van der Waals surface area contributed by atoms with Crippen molar-refractivity contribution in [1.82, 2.24) is 9.80 Å². The molecule has 2 saturated heterocycles. The van der Waals surface area contributed by atoms with Gasteiger partial charge in [0, 0.05) is 33.2 Å². The van der Waals surface area contributed by atoms with E-state index in [1.807, 2.05) is 7.05 Å². The largest absolute Gasteiger partial charge is 0.360 e. The van der Waals surface area contributed by atoms with Crippen LogP contribution in [0.5, 0.6) is 0 Å². The van der Waals surface area contributed by atoms with Gasteiger partial charge in [-0.15, -0.1) is 0 Å². The number of carbonyl (C=O) groups excluding carboxylic acids is 1. The Kier molecular flexibility index (Phi) is 4.88. The van der Waals surface area contributed by atoms with E-state index < -0.39 is 17.7 Å². The highest BCUT2D eigenvalue weighted by molar-refractivity contribution is 5.81. The van der Waals surface area contributed by atoms with Crippen LogP contribution in [0.2, 0.25) is 0 Å². The van der Waals surface area contributed by atoms with E-state index in [2.05, 4.69) is 4.90 Å². The second-order valence-corrected chi connectivity index (χ2v) is 6.94. The van der Waals surface area contributed by atoms with Gasteiger partial charge in [0.05, 0.1) is 5.60 Å². The van der Waals surface area contributed by atoms with Crippen LogP contribution in [0.3, 0.4) is 0 Å². The number of piperidine rings is 1. The summed E-state index contributed by atoms with van der Waals surface area (Å²) in [5.41, 5.74) is 0.158. The van der Waals surface area contributed by atoms with Gasteiger partial charge in [0.25, 0.3) is 5.91 Å². The Morgan fingerprint density at radius 2 is 2.00 bits per heavy atom. The molecule has 1 aromatic rings. The van der Waals surface area contributed by atoms with Crippen molar-refractivity contribution in [3.8, 4) is 0 Å². The van der Waals surface area contributed by atoms with Crippen molar-refractivity contribution in [3.05, 3.63) is 35.4 Å². The Bertz CT molecular complexity index is 599. The van der Waals surface area contributed by atoms with Crippen LogP contribution in [-0.4, -0.2) is 60.6 Å². The van der Waals surface area contributed by atoms with Crippen molar-refractivity contribution >= 4 is 5.91 Å². The van der Waals surface area contributed by atoms with Crippen molar-refractivity contribution < 1.29 is 18.3 Å². The highest BCUT2D eigenvalue weighted by Crippen LogP contribution is 2.32. The standard InChI is InChI=1S/C18H24F2N2O2/c1-13-17(23)21(2)12-18(24-13)7-10-22(11-8-18)9-6-14-4-3-5-15(19)16(14)20/h3-5,13H,6-12H2,1-2H3/t13-/m1/s1. The Balaban J connectivity index is 1.54. The number of rotatable bonds is 3. The van der Waals surface area contributed by atoms with Gasteiger partial charge in [-0.05, 0) is 37.8 Å². The third kappa shape index (κ3) is 3.44. The van der Waals surface area contributed by atoms with Gasteiger partial charge < -0.3 is 14.5 Å². The molecule has 0 radical (unpaired) electrons. The minimum absolute atomic E-state index is 0.0321. The van der Waals surface area contributed by atoms with Gasteiger partial charge in [-0.1, -0.05) is 12.1 Å². The van der Waals surface area contributed by atoms with Gasteiger partial charge >= 0.3 is 0 Å². The monoisotopic (exact) mass is 338 g/mol. The predicted molar refractivity (Wildman–Crippen MR) is 86.7 cm³/mol. The molecule has 0 aliphatic carbocycles. The number of amides is 1. The second-order valence-electron chi connectivity index (χ2n) is 6.94. The molecule has 3 rings (SSSR count). The van der Waals surface area contributed by atoms with E-state index in [4.69, 9.17) is 4.74 Å². The molecular formula is C18H24F2N2O2. The summed E-state index contributed by atoms with van der Waals surface area (Å²) >= 11 is 0. The number of ether oxygens (including phenoxy) is 1. The summed E-state index contributed by atoms with van der Waals surface area (Å²) in [6.45, 7) is 4.81. The van der Waals surface area contributed by atoms with E-state index >= 15 is 0 Å². The first-order valence-corrected chi connectivity index (χ1v) is 8.48. The molecule has 0 aromatic heterocycles. The lowest BCUT2D eigenvalue weighted by atomic mass is 9.88. The third-order valence-electron chi connectivity index (χ3n) is 5.17. The first-order chi connectivity index (χ1) is 11.4. The minimum atomic E-state index is -0.789. The van der Waals surface area contributed by atoms with Gasteiger partial charge in [0.1, 0.15) is 6.10 Å². The molecule has 1 atom stereocenters. The summed E-state index contributed by atoms with van der Waals surface area (Å²) in [4.78, 5) is 15.9. The number of benzene rings is 1. The molecular weight excluding hydrogens is 314 g/mol. The average Bonchev–Trinajstić information content (AvgIpc) is 2.56. The molecule has 0 saturated carbocycles. The van der Waals surface area contributed by atoms with E-state index in [1.165, 1.54) is 0 Å². The summed E-state index contributed by atoms with van der Waals surface area (Å²) in [5.74, 6) is -1.50. The molecule has 0 bridgehead atoms. The van der Waals surface area contributed by atoms with Crippen LogP contribution < -0.4 is 0 Å². The topological polar surface area (TPSA) is 32.8 Å². The van der Waals surface area contributed by atoms with Crippen molar-refractivity contribution in [2.75, 3.05) is 33.2 Å². The van der Waals surface area contributed by atoms with Crippen molar-refractivity contribution in [2.45, 2.75) is 37.9 Å². The van der Waals surface area contributed by atoms with Gasteiger partial charge in [-0.2, -0.15) is 0 Å². The number of likely N-dealkylation sites (tertiary alicyclic amines) is 1. The fraction of sp³-hybridized carbons (Fsp3) is 0.611. The lowest BCUT2D eigenvalue weighted by Crippen LogP contribution is -2.60. The second kappa shape index (κ2) is 6.76. The van der Waals surface area contributed by atoms with Crippen molar-refractivity contribution in [2.24, 2.45) is 0 Å². The highest BCUT2D eigenvalue weighted by Gasteiger charge is 2.44. The molecule has 132 valence electrons. The van der Waals surface area contributed by atoms with Crippen LogP contribution in [-0.2, 0) is 16.0 Å². The quantitative estimate of drug-likeness (QED) is 0.847. The predicted octanol–water partition coefficient (Wildman–Crippen LogP) is 2.22. The van der Waals surface area contributed by atoms with Crippen LogP contribution in [0, 0.1) is 11.6 Å². The number of carbonyl (C=O) groups is 1. The molecule has 1 aromatic carbocycles. The van der Waals surface area contributed by atoms with Crippen LogP contribution in [0.15, 0.2) is 18.2 Å². The maximum Gasteiger partial charge on any atom is 0.251 e. The van der Waals surface area contributed by atoms with Gasteiger partial charge in [-0.3, -0.25) is 4.79 Å². The summed E-state index contributed by atoms with van der Waals surface area (Å²) in [7, 11) is 1.82. The summed E-state index contributed by atoms with van der Waals surface area (Å²) in [5, 5.41) is 0. The smallest absolute Gasteiger partial charge is 0.251 e. The van der Waals surface area contributed by atoms with Crippen LogP contribution >= 0.6 is 0 Å². The zero-order valence-corrected chi connectivity index (χ0v) is 14.2. The number of halogens is 2. The SMILES string of the molecule is C[C@H]1OC2(CCN(CCc3cccc(F)c3F)CC2)CN(C)C1=O. The molecule has 24 heavy (non-hydrogen) atoms. The Labute approximate surface area is 141 Å². The minimum Gasteiger partial charge on any atom is -0.360 e. The molecule has 1 amide bonds. The maximum atomic E-state index is 13.7. The fourth-order valence-corrected chi connectivity index (χ4v) is 3.76. The molecule has 2 aliphatic rings. The number of nitrogens with zero attached hydrogens (tertiary/aromatic N) is 2. The zero-order chi connectivity index (χ0) is 17.3. The van der Waals surface area contributed by atoms with Gasteiger partial charge in [-0.25, -0.2) is 8.78 Å². The molecule has 2 heterocycles. The lowest BCUT2D eigenvalue weighted by molar-refractivity contribution is -0.186. The van der Waals surface area contributed by atoms with E-state index in [0.717, 1.165) is 32.0 Å². The summed E-state index contributed by atoms with van der Waals surface area (Å²) in [6, 6.07) is 4.32. The van der Waals surface area contributed by atoms with Crippen molar-refractivity contribution in [3.63, 3.8) is 0 Å². The van der Waals surface area contributed by atoms with Gasteiger partial charge in [0.2, 0.25) is 0 Å². The van der Waals surface area contributed by atoms with E-state index in [0.29, 0.717) is 25.1 Å². The number of hydrogen-bond donors (Lipinski definition) is 0. The lowest BCUT2D eigenvalue weighted by Gasteiger charge is -2.48. The van der Waals surface area contributed by atoms with Crippen LogP contribution in [0.4, 0.5) is 8.78 Å². The van der Waals surface area contributed by atoms with Gasteiger partial charge in [0.15, 0.2) is 11.6 Å². The Morgan fingerprint density at radius 1 is 1.29 bits per heavy atom. The first kappa shape index (κ1) is 17.3. The highest BCUT2D eigenvalue weighted by atomic mass is 19.2. The average molecular weight is 338 g/mol. The number of hydrogen-bond acceptors (Lipinski definition) is 3. The molecule has 4 nitrogen and oxygen atoms in total. The van der Waals surface area contributed by atoms with E-state index in [1.54, 1.807) is 24.0 Å². The molecule has 0 N–H and O–H groups in total.